The standard InChI is InChI=1S/C19H25N5O4S/c1-11-8-13(20-10-15(25)23-24-18(27)28-19(3,4)5)6-7-14(11)16(26)22-17-21-9-12(2)29-17/h6-9,20H,10H2,1-5H3,(H,23,25)(H,24,27)(H,21,22,26). The molecule has 3 amide bonds. The van der Waals surface area contributed by atoms with E-state index in [1.165, 1.54) is 11.3 Å². The molecule has 0 radical (unpaired) electrons. The molecule has 29 heavy (non-hydrogen) atoms. The lowest BCUT2D eigenvalue weighted by atomic mass is 10.1. The van der Waals surface area contributed by atoms with Crippen molar-refractivity contribution in [3.8, 4) is 0 Å². The summed E-state index contributed by atoms with van der Waals surface area (Å²) >= 11 is 1.40. The van der Waals surface area contributed by atoms with Gasteiger partial charge in [-0.1, -0.05) is 0 Å². The van der Waals surface area contributed by atoms with Crippen molar-refractivity contribution in [3.05, 3.63) is 40.4 Å². The zero-order valence-corrected chi connectivity index (χ0v) is 17.8. The number of anilines is 2. The number of aromatic nitrogens is 1. The van der Waals surface area contributed by atoms with Gasteiger partial charge in [0.1, 0.15) is 5.60 Å². The van der Waals surface area contributed by atoms with E-state index in [1.54, 1.807) is 52.1 Å². The number of carbonyl (C=O) groups is 3. The van der Waals surface area contributed by atoms with Gasteiger partial charge in [0.25, 0.3) is 11.8 Å². The van der Waals surface area contributed by atoms with Gasteiger partial charge in [-0.25, -0.2) is 15.2 Å². The number of nitrogens with one attached hydrogen (secondary N) is 4. The summed E-state index contributed by atoms with van der Waals surface area (Å²) in [5, 5.41) is 6.24. The molecule has 156 valence electrons. The van der Waals surface area contributed by atoms with E-state index in [2.05, 4.69) is 26.5 Å². The summed E-state index contributed by atoms with van der Waals surface area (Å²) in [6, 6.07) is 5.13. The van der Waals surface area contributed by atoms with Crippen LogP contribution in [0.4, 0.5) is 15.6 Å². The molecule has 2 rings (SSSR count). The van der Waals surface area contributed by atoms with Crippen molar-refractivity contribution in [2.24, 2.45) is 0 Å². The smallest absolute Gasteiger partial charge is 0.426 e. The topological polar surface area (TPSA) is 121 Å². The van der Waals surface area contributed by atoms with Crippen LogP contribution in [0, 0.1) is 13.8 Å². The molecule has 1 aromatic heterocycles. The number of carbonyl (C=O) groups excluding carboxylic acids is 3. The van der Waals surface area contributed by atoms with Crippen molar-refractivity contribution in [1.82, 2.24) is 15.8 Å². The lowest BCUT2D eigenvalue weighted by Gasteiger charge is -2.19. The van der Waals surface area contributed by atoms with Crippen LogP contribution in [-0.4, -0.2) is 35.0 Å². The van der Waals surface area contributed by atoms with Crippen molar-refractivity contribution in [1.29, 1.82) is 0 Å². The Hall–Kier alpha value is -3.14. The van der Waals surface area contributed by atoms with Gasteiger partial charge >= 0.3 is 6.09 Å². The molecular formula is C19H25N5O4S. The van der Waals surface area contributed by atoms with Crippen LogP contribution in [0.5, 0.6) is 0 Å². The number of benzene rings is 1. The third kappa shape index (κ3) is 7.41. The number of nitrogens with zero attached hydrogens (tertiary/aromatic N) is 1. The maximum absolute atomic E-state index is 12.4. The van der Waals surface area contributed by atoms with Crippen LogP contribution in [0.1, 0.15) is 41.6 Å². The van der Waals surface area contributed by atoms with Gasteiger partial charge in [0.2, 0.25) is 0 Å². The lowest BCUT2D eigenvalue weighted by molar-refractivity contribution is -0.120. The second-order valence-corrected chi connectivity index (χ2v) is 8.52. The van der Waals surface area contributed by atoms with Crippen LogP contribution in [0.3, 0.4) is 0 Å². The summed E-state index contributed by atoms with van der Waals surface area (Å²) in [5.74, 6) is -0.697. The van der Waals surface area contributed by atoms with E-state index in [0.717, 1.165) is 10.4 Å². The Labute approximate surface area is 173 Å². The molecular weight excluding hydrogens is 394 g/mol. The first-order valence-corrected chi connectivity index (χ1v) is 9.71. The Kier molecular flexibility index (Phi) is 7.16. The summed E-state index contributed by atoms with van der Waals surface area (Å²) in [6.45, 7) is 8.81. The number of rotatable bonds is 5. The second kappa shape index (κ2) is 9.37. The molecule has 0 spiro atoms. The van der Waals surface area contributed by atoms with Gasteiger partial charge in [0, 0.05) is 22.3 Å². The van der Waals surface area contributed by atoms with E-state index < -0.39 is 17.6 Å². The van der Waals surface area contributed by atoms with Crippen molar-refractivity contribution in [2.45, 2.75) is 40.2 Å². The van der Waals surface area contributed by atoms with Crippen LogP contribution in [0.25, 0.3) is 0 Å². The molecule has 0 saturated heterocycles. The molecule has 4 N–H and O–H groups in total. The minimum absolute atomic E-state index is 0.0703. The van der Waals surface area contributed by atoms with Crippen molar-refractivity contribution >= 4 is 40.1 Å². The molecule has 0 aliphatic carbocycles. The molecule has 0 atom stereocenters. The average Bonchev–Trinajstić information content (AvgIpc) is 3.01. The predicted octanol–water partition coefficient (Wildman–Crippen LogP) is 2.98. The van der Waals surface area contributed by atoms with Crippen LogP contribution >= 0.6 is 11.3 Å². The van der Waals surface area contributed by atoms with E-state index in [0.29, 0.717) is 16.4 Å². The first-order chi connectivity index (χ1) is 13.5. The Balaban J connectivity index is 1.84. The zero-order valence-electron chi connectivity index (χ0n) is 17.0. The highest BCUT2D eigenvalue weighted by molar-refractivity contribution is 7.15. The molecule has 10 heteroatoms. The highest BCUT2D eigenvalue weighted by Gasteiger charge is 2.16. The zero-order chi connectivity index (χ0) is 21.6. The first kappa shape index (κ1) is 22.2. The van der Waals surface area contributed by atoms with Crippen LogP contribution in [-0.2, 0) is 9.53 Å². The fourth-order valence-electron chi connectivity index (χ4n) is 2.26. The number of ether oxygens (including phenoxy) is 1. The Morgan fingerprint density at radius 3 is 2.45 bits per heavy atom. The van der Waals surface area contributed by atoms with Gasteiger partial charge in [-0.2, -0.15) is 0 Å². The van der Waals surface area contributed by atoms with Crippen LogP contribution in [0.2, 0.25) is 0 Å². The van der Waals surface area contributed by atoms with E-state index in [1.807, 2.05) is 6.92 Å². The number of aryl methyl sites for hydroxylation is 2. The quantitative estimate of drug-likeness (QED) is 0.553. The number of hydrazine groups is 1. The molecule has 1 aromatic carbocycles. The van der Waals surface area contributed by atoms with Crippen molar-refractivity contribution in [3.63, 3.8) is 0 Å². The maximum atomic E-state index is 12.4. The summed E-state index contributed by atoms with van der Waals surface area (Å²) in [4.78, 5) is 40.9. The molecule has 0 bridgehead atoms. The van der Waals surface area contributed by atoms with Crippen molar-refractivity contribution in [2.75, 3.05) is 17.2 Å². The molecule has 1 heterocycles. The van der Waals surface area contributed by atoms with Gasteiger partial charge in [-0.05, 0) is 58.4 Å². The summed E-state index contributed by atoms with van der Waals surface area (Å²) in [7, 11) is 0. The number of thiazole rings is 1. The van der Waals surface area contributed by atoms with Gasteiger partial charge in [-0.3, -0.25) is 20.3 Å². The minimum atomic E-state index is -0.743. The highest BCUT2D eigenvalue weighted by Crippen LogP contribution is 2.20. The van der Waals surface area contributed by atoms with E-state index in [4.69, 9.17) is 4.74 Å². The van der Waals surface area contributed by atoms with E-state index in [-0.39, 0.29) is 12.5 Å². The van der Waals surface area contributed by atoms with E-state index in [9.17, 15) is 14.4 Å². The monoisotopic (exact) mass is 419 g/mol. The first-order valence-electron chi connectivity index (χ1n) is 8.89. The normalized spacial score (nSPS) is 10.8. The fourth-order valence-corrected chi connectivity index (χ4v) is 2.92. The third-order valence-electron chi connectivity index (χ3n) is 3.47. The molecule has 2 aromatic rings. The summed E-state index contributed by atoms with van der Waals surface area (Å²) in [5.41, 5.74) is 5.69. The SMILES string of the molecule is Cc1cnc(NC(=O)c2ccc(NCC(=O)NNC(=O)OC(C)(C)C)cc2C)s1. The molecule has 0 aliphatic heterocycles. The van der Waals surface area contributed by atoms with Gasteiger partial charge in [-0.15, -0.1) is 11.3 Å². The Bertz CT molecular complexity index is 904. The van der Waals surface area contributed by atoms with E-state index >= 15 is 0 Å². The Morgan fingerprint density at radius 2 is 1.86 bits per heavy atom. The average molecular weight is 420 g/mol. The highest BCUT2D eigenvalue weighted by atomic mass is 32.1. The fraction of sp³-hybridized carbons (Fsp3) is 0.368. The molecule has 0 fully saturated rings. The van der Waals surface area contributed by atoms with Gasteiger partial charge < -0.3 is 10.1 Å². The van der Waals surface area contributed by atoms with Gasteiger partial charge in [0.15, 0.2) is 5.13 Å². The van der Waals surface area contributed by atoms with Crippen molar-refractivity contribution < 1.29 is 19.1 Å². The number of amides is 3. The predicted molar refractivity (Wildman–Crippen MR) is 112 cm³/mol. The lowest BCUT2D eigenvalue weighted by Crippen LogP contribution is -2.46. The molecule has 0 aliphatic rings. The van der Waals surface area contributed by atoms with Crippen LogP contribution < -0.4 is 21.5 Å². The van der Waals surface area contributed by atoms with Crippen LogP contribution in [0.15, 0.2) is 24.4 Å². The largest absolute Gasteiger partial charge is 0.443 e. The minimum Gasteiger partial charge on any atom is -0.443 e. The Morgan fingerprint density at radius 1 is 1.14 bits per heavy atom. The molecule has 0 saturated carbocycles. The maximum Gasteiger partial charge on any atom is 0.426 e. The number of hydrogen-bond donors (Lipinski definition) is 4. The second-order valence-electron chi connectivity index (χ2n) is 7.29. The summed E-state index contributed by atoms with van der Waals surface area (Å²) in [6.07, 6.45) is 0.954. The molecule has 9 nitrogen and oxygen atoms in total. The number of hydrogen-bond acceptors (Lipinski definition) is 7. The summed E-state index contributed by atoms with van der Waals surface area (Å²) < 4.78 is 5.02. The molecule has 0 unspecified atom stereocenters. The third-order valence-corrected chi connectivity index (χ3v) is 4.30. The van der Waals surface area contributed by atoms with Gasteiger partial charge in [0.05, 0.1) is 6.54 Å².